The lowest BCUT2D eigenvalue weighted by molar-refractivity contribution is -0.384. The molecule has 7 heteroatoms. The summed E-state index contributed by atoms with van der Waals surface area (Å²) in [6, 6.07) is 7.76. The second-order valence-corrected chi connectivity index (χ2v) is 9.85. The summed E-state index contributed by atoms with van der Waals surface area (Å²) < 4.78 is 7.19. The Bertz CT molecular complexity index is 871. The molecular formula is C22H31N3O4. The lowest BCUT2D eigenvalue weighted by atomic mass is 9.84. The van der Waals surface area contributed by atoms with Crippen LogP contribution in [0.4, 0.5) is 5.69 Å². The molecule has 0 bridgehead atoms. The molecule has 7 nitrogen and oxygen atoms in total. The van der Waals surface area contributed by atoms with Crippen molar-refractivity contribution >= 4 is 11.7 Å². The van der Waals surface area contributed by atoms with Gasteiger partial charge in [0, 0.05) is 30.0 Å². The number of esters is 1. The maximum Gasteiger partial charge on any atom is 0.312 e. The fraction of sp³-hybridized carbons (Fsp3) is 0.545. The summed E-state index contributed by atoms with van der Waals surface area (Å²) in [5, 5.41) is 15.5. The molecule has 0 fully saturated rings. The van der Waals surface area contributed by atoms with Gasteiger partial charge in [-0.1, -0.05) is 48.5 Å². The highest BCUT2D eigenvalue weighted by Gasteiger charge is 2.24. The van der Waals surface area contributed by atoms with Crippen molar-refractivity contribution in [2.75, 3.05) is 0 Å². The molecule has 0 N–H and O–H groups in total. The highest BCUT2D eigenvalue weighted by atomic mass is 16.6. The molecule has 1 atom stereocenters. The molecule has 1 aromatic carbocycles. The molecule has 2 rings (SSSR count). The summed E-state index contributed by atoms with van der Waals surface area (Å²) in [7, 11) is 0. The Morgan fingerprint density at radius 1 is 1.17 bits per heavy atom. The first-order chi connectivity index (χ1) is 13.3. The van der Waals surface area contributed by atoms with Crippen molar-refractivity contribution in [3.8, 4) is 11.6 Å². The highest BCUT2D eigenvalue weighted by molar-refractivity contribution is 5.72. The molecule has 0 aliphatic rings. The SMILES string of the molecule is CC(CC(=O)Oc1cc(C(C)(C)C)nn1-c1ccc([N+](=O)[O-])cc1)CC(C)(C)C. The van der Waals surface area contributed by atoms with Crippen LogP contribution >= 0.6 is 0 Å². The van der Waals surface area contributed by atoms with Gasteiger partial charge in [-0.2, -0.15) is 5.10 Å². The molecule has 0 saturated heterocycles. The van der Waals surface area contributed by atoms with Gasteiger partial charge in [-0.25, -0.2) is 4.68 Å². The van der Waals surface area contributed by atoms with E-state index in [9.17, 15) is 14.9 Å². The number of nitrogens with zero attached hydrogens (tertiary/aromatic N) is 3. The van der Waals surface area contributed by atoms with Crippen LogP contribution < -0.4 is 4.74 Å². The molecule has 0 aliphatic carbocycles. The van der Waals surface area contributed by atoms with Gasteiger partial charge >= 0.3 is 5.97 Å². The number of benzene rings is 1. The molecule has 0 amide bonds. The third kappa shape index (κ3) is 6.41. The van der Waals surface area contributed by atoms with Gasteiger partial charge in [0.1, 0.15) is 0 Å². The van der Waals surface area contributed by atoms with Crippen molar-refractivity contribution in [3.63, 3.8) is 0 Å². The number of nitro benzene ring substituents is 1. The first-order valence-electron chi connectivity index (χ1n) is 9.82. The zero-order valence-corrected chi connectivity index (χ0v) is 18.4. The predicted octanol–water partition coefficient (Wildman–Crippen LogP) is 5.45. The molecule has 0 saturated carbocycles. The summed E-state index contributed by atoms with van der Waals surface area (Å²) in [5.41, 5.74) is 1.25. The van der Waals surface area contributed by atoms with Crippen molar-refractivity contribution in [2.24, 2.45) is 11.3 Å². The minimum absolute atomic E-state index is 0.00787. The van der Waals surface area contributed by atoms with E-state index in [2.05, 4.69) is 25.9 Å². The first kappa shape index (κ1) is 22.6. The van der Waals surface area contributed by atoms with Crippen LogP contribution in [0.25, 0.3) is 5.69 Å². The molecule has 1 heterocycles. The number of rotatable bonds is 6. The van der Waals surface area contributed by atoms with E-state index in [-0.39, 0.29) is 28.4 Å². The van der Waals surface area contributed by atoms with Crippen LogP contribution in [-0.2, 0) is 10.2 Å². The van der Waals surface area contributed by atoms with Crippen LogP contribution in [0.3, 0.4) is 0 Å². The number of non-ortho nitro benzene ring substituents is 1. The largest absolute Gasteiger partial charge is 0.407 e. The summed E-state index contributed by atoms with van der Waals surface area (Å²) in [6.07, 6.45) is 1.23. The van der Waals surface area contributed by atoms with E-state index in [0.29, 0.717) is 18.0 Å². The fourth-order valence-corrected chi connectivity index (χ4v) is 3.26. The van der Waals surface area contributed by atoms with Gasteiger partial charge in [0.05, 0.1) is 16.3 Å². The van der Waals surface area contributed by atoms with Crippen LogP contribution in [0.2, 0.25) is 0 Å². The average molecular weight is 402 g/mol. The minimum atomic E-state index is -0.453. The maximum absolute atomic E-state index is 12.5. The van der Waals surface area contributed by atoms with Crippen molar-refractivity contribution in [3.05, 3.63) is 46.1 Å². The Kier molecular flexibility index (Phi) is 6.50. The minimum Gasteiger partial charge on any atom is -0.407 e. The van der Waals surface area contributed by atoms with Gasteiger partial charge in [-0.05, 0) is 29.9 Å². The number of carbonyl (C=O) groups excluding carboxylic acids is 1. The number of carbonyl (C=O) groups is 1. The molecule has 0 spiro atoms. The Hall–Kier alpha value is -2.70. The standard InChI is InChI=1S/C22H31N3O4/c1-15(14-21(2,3)4)12-20(26)29-19-13-18(22(5,6)7)23-24(19)16-8-10-17(11-9-16)25(27)28/h8-11,13,15H,12,14H2,1-7H3. The number of hydrogen-bond donors (Lipinski definition) is 0. The van der Waals surface area contributed by atoms with E-state index < -0.39 is 4.92 Å². The molecule has 2 aromatic rings. The van der Waals surface area contributed by atoms with Gasteiger partial charge in [0.15, 0.2) is 0 Å². The second kappa shape index (κ2) is 8.35. The first-order valence-corrected chi connectivity index (χ1v) is 9.82. The molecule has 29 heavy (non-hydrogen) atoms. The third-order valence-electron chi connectivity index (χ3n) is 4.44. The monoisotopic (exact) mass is 401 g/mol. The lowest BCUT2D eigenvalue weighted by Crippen LogP contribution is -2.18. The highest BCUT2D eigenvalue weighted by Crippen LogP contribution is 2.30. The molecule has 0 aliphatic heterocycles. The van der Waals surface area contributed by atoms with Gasteiger partial charge in [0.25, 0.3) is 5.69 Å². The Labute approximate surface area is 172 Å². The van der Waals surface area contributed by atoms with Crippen LogP contribution in [0.1, 0.15) is 67.0 Å². The van der Waals surface area contributed by atoms with Crippen LogP contribution in [0.15, 0.2) is 30.3 Å². The van der Waals surface area contributed by atoms with Gasteiger partial charge < -0.3 is 4.74 Å². The maximum atomic E-state index is 12.5. The Morgan fingerprint density at radius 3 is 2.24 bits per heavy atom. The van der Waals surface area contributed by atoms with Crippen molar-refractivity contribution in [1.29, 1.82) is 0 Å². The Morgan fingerprint density at radius 2 is 1.76 bits per heavy atom. The van der Waals surface area contributed by atoms with Crippen LogP contribution in [0, 0.1) is 21.4 Å². The number of ether oxygens (including phenoxy) is 1. The topological polar surface area (TPSA) is 87.3 Å². The van der Waals surface area contributed by atoms with E-state index in [4.69, 9.17) is 4.74 Å². The molecular weight excluding hydrogens is 370 g/mol. The lowest BCUT2D eigenvalue weighted by Gasteiger charge is -2.22. The van der Waals surface area contributed by atoms with E-state index in [1.807, 2.05) is 27.7 Å². The number of nitro groups is 1. The summed E-state index contributed by atoms with van der Waals surface area (Å²) >= 11 is 0. The van der Waals surface area contributed by atoms with Crippen molar-refractivity contribution < 1.29 is 14.5 Å². The van der Waals surface area contributed by atoms with Crippen LogP contribution in [0.5, 0.6) is 5.88 Å². The number of hydrogen-bond acceptors (Lipinski definition) is 5. The van der Waals surface area contributed by atoms with E-state index in [0.717, 1.165) is 12.1 Å². The van der Waals surface area contributed by atoms with Crippen molar-refractivity contribution in [2.45, 2.75) is 66.7 Å². The second-order valence-electron chi connectivity index (χ2n) is 9.85. The van der Waals surface area contributed by atoms with E-state index in [1.54, 1.807) is 18.2 Å². The normalized spacial score (nSPS) is 13.2. The average Bonchev–Trinajstić information content (AvgIpc) is 2.96. The Balaban J connectivity index is 2.29. The van der Waals surface area contributed by atoms with Gasteiger partial charge in [-0.15, -0.1) is 0 Å². The van der Waals surface area contributed by atoms with Gasteiger partial charge in [-0.3, -0.25) is 14.9 Å². The van der Waals surface area contributed by atoms with Crippen LogP contribution in [-0.4, -0.2) is 20.7 Å². The van der Waals surface area contributed by atoms with E-state index in [1.165, 1.54) is 16.8 Å². The summed E-state index contributed by atoms with van der Waals surface area (Å²) in [5.74, 6) is 0.197. The smallest absolute Gasteiger partial charge is 0.312 e. The quantitative estimate of drug-likeness (QED) is 0.365. The fourth-order valence-electron chi connectivity index (χ4n) is 3.26. The number of aromatic nitrogens is 2. The molecule has 1 aromatic heterocycles. The third-order valence-corrected chi connectivity index (χ3v) is 4.44. The van der Waals surface area contributed by atoms with Gasteiger partial charge in [0.2, 0.25) is 5.88 Å². The summed E-state index contributed by atoms with van der Waals surface area (Å²) in [6.45, 7) is 14.5. The zero-order valence-electron chi connectivity index (χ0n) is 18.4. The van der Waals surface area contributed by atoms with Crippen molar-refractivity contribution in [1.82, 2.24) is 9.78 Å². The molecule has 0 radical (unpaired) electrons. The zero-order chi connectivity index (χ0) is 22.0. The summed E-state index contributed by atoms with van der Waals surface area (Å²) in [4.78, 5) is 23.0. The predicted molar refractivity (Wildman–Crippen MR) is 112 cm³/mol. The molecule has 1 unspecified atom stereocenters. The van der Waals surface area contributed by atoms with E-state index >= 15 is 0 Å². The molecule has 158 valence electrons.